The van der Waals surface area contributed by atoms with Crippen LogP contribution >= 0.6 is 0 Å². The van der Waals surface area contributed by atoms with Gasteiger partial charge in [0.05, 0.1) is 11.4 Å². The Morgan fingerprint density at radius 1 is 0.824 bits per heavy atom. The molecule has 1 N–H and O–H groups in total. The molecular weight excluding hydrogens is 429 g/mol. The summed E-state index contributed by atoms with van der Waals surface area (Å²) in [7, 11) is 0. The summed E-state index contributed by atoms with van der Waals surface area (Å²) >= 11 is 0. The third-order valence-electron chi connectivity index (χ3n) is 5.66. The van der Waals surface area contributed by atoms with Gasteiger partial charge in [-0.3, -0.25) is 9.98 Å². The molecule has 0 fully saturated rings. The molecule has 0 spiro atoms. The van der Waals surface area contributed by atoms with Gasteiger partial charge in [0.25, 0.3) is 0 Å². The van der Waals surface area contributed by atoms with Crippen molar-refractivity contribution in [2.24, 2.45) is 9.98 Å². The van der Waals surface area contributed by atoms with Crippen molar-refractivity contribution in [3.63, 3.8) is 0 Å². The monoisotopic (exact) mass is 457 g/mol. The minimum absolute atomic E-state index is 0.0756. The van der Waals surface area contributed by atoms with E-state index in [1.165, 1.54) is 12.1 Å². The normalized spacial score (nSPS) is 14.3. The summed E-state index contributed by atoms with van der Waals surface area (Å²) in [5.41, 5.74) is 3.45. The van der Waals surface area contributed by atoms with Crippen LogP contribution in [-0.4, -0.2) is 29.7 Å². The molecular formula is C28H28FN3O2. The van der Waals surface area contributed by atoms with E-state index in [1.54, 1.807) is 12.1 Å². The van der Waals surface area contributed by atoms with Gasteiger partial charge >= 0.3 is 6.09 Å². The van der Waals surface area contributed by atoms with Crippen LogP contribution in [0.5, 0.6) is 5.75 Å². The van der Waals surface area contributed by atoms with Crippen LogP contribution < -0.4 is 10.1 Å². The van der Waals surface area contributed by atoms with Crippen molar-refractivity contribution in [3.05, 3.63) is 102 Å². The molecule has 34 heavy (non-hydrogen) atoms. The van der Waals surface area contributed by atoms with Crippen LogP contribution in [0.4, 0.5) is 9.18 Å². The number of carbonyl (C=O) groups is 1. The van der Waals surface area contributed by atoms with Crippen molar-refractivity contribution in [2.45, 2.75) is 38.3 Å². The number of halogens is 1. The molecule has 0 saturated carbocycles. The molecule has 0 aromatic heterocycles. The lowest BCUT2D eigenvalue weighted by Crippen LogP contribution is -2.28. The van der Waals surface area contributed by atoms with Gasteiger partial charge in [0.1, 0.15) is 5.66 Å². The van der Waals surface area contributed by atoms with Crippen LogP contribution in [0.2, 0.25) is 0 Å². The first-order valence-corrected chi connectivity index (χ1v) is 11.6. The number of benzene rings is 3. The summed E-state index contributed by atoms with van der Waals surface area (Å²) in [6.07, 6.45) is 2.76. The fourth-order valence-electron chi connectivity index (χ4n) is 3.93. The van der Waals surface area contributed by atoms with Gasteiger partial charge in [0.2, 0.25) is 0 Å². The standard InChI is InChI=1S/C28H28FN3O2/c1-28(19-11-4-12-20-30-27(33)34-24-18-10-9-17-23(24)29)31-25(21-13-5-2-6-14-21)26(32-28)22-15-7-3-8-16-22/h2-3,5-10,13-18H,4,11-12,19-20H2,1H3,(H,30,33). The Balaban J connectivity index is 1.30. The van der Waals surface area contributed by atoms with Gasteiger partial charge in [-0.1, -0.05) is 79.2 Å². The van der Waals surface area contributed by atoms with Crippen LogP contribution in [0.15, 0.2) is 94.9 Å². The smallest absolute Gasteiger partial charge is 0.407 e. The molecule has 174 valence electrons. The number of unbranched alkanes of at least 4 members (excludes halogenated alkanes) is 2. The van der Waals surface area contributed by atoms with E-state index < -0.39 is 17.6 Å². The number of amides is 1. The van der Waals surface area contributed by atoms with E-state index in [9.17, 15) is 9.18 Å². The second-order valence-electron chi connectivity index (χ2n) is 8.43. The molecule has 0 unspecified atom stereocenters. The van der Waals surface area contributed by atoms with E-state index in [2.05, 4.69) is 36.5 Å². The van der Waals surface area contributed by atoms with Crippen LogP contribution in [0.3, 0.4) is 0 Å². The lowest BCUT2D eigenvalue weighted by molar-refractivity contribution is 0.198. The maximum absolute atomic E-state index is 13.6. The van der Waals surface area contributed by atoms with Crippen LogP contribution in [0, 0.1) is 5.82 Å². The van der Waals surface area contributed by atoms with Gasteiger partial charge in [-0.05, 0) is 38.3 Å². The summed E-state index contributed by atoms with van der Waals surface area (Å²) in [6.45, 7) is 2.52. The Labute approximate surface area is 199 Å². The van der Waals surface area contributed by atoms with E-state index in [1.807, 2.05) is 36.4 Å². The minimum Gasteiger partial charge on any atom is -0.407 e. The van der Waals surface area contributed by atoms with Gasteiger partial charge in [-0.15, -0.1) is 0 Å². The maximum Gasteiger partial charge on any atom is 0.412 e. The summed E-state index contributed by atoms with van der Waals surface area (Å²) < 4.78 is 18.6. The Hall–Kier alpha value is -3.80. The molecule has 3 aromatic carbocycles. The molecule has 0 saturated heterocycles. The predicted molar refractivity (Wildman–Crippen MR) is 133 cm³/mol. The predicted octanol–water partition coefficient (Wildman–Crippen LogP) is 6.18. The van der Waals surface area contributed by atoms with Gasteiger partial charge in [-0.2, -0.15) is 0 Å². The summed E-state index contributed by atoms with van der Waals surface area (Å²) in [4.78, 5) is 21.9. The second kappa shape index (κ2) is 10.9. The summed E-state index contributed by atoms with van der Waals surface area (Å²) in [5, 5.41) is 2.67. The first kappa shape index (κ1) is 23.4. The molecule has 4 rings (SSSR count). The first-order valence-electron chi connectivity index (χ1n) is 11.6. The zero-order chi connectivity index (χ0) is 23.8. The number of nitrogens with zero attached hydrogens (tertiary/aromatic N) is 2. The van der Waals surface area contributed by atoms with E-state index in [-0.39, 0.29) is 5.75 Å². The zero-order valence-corrected chi connectivity index (χ0v) is 19.2. The number of rotatable bonds is 9. The molecule has 0 bridgehead atoms. The minimum atomic E-state index is -0.651. The molecule has 1 amide bonds. The van der Waals surface area contributed by atoms with Crippen molar-refractivity contribution in [2.75, 3.05) is 6.54 Å². The number of nitrogens with one attached hydrogen (secondary N) is 1. The largest absolute Gasteiger partial charge is 0.412 e. The summed E-state index contributed by atoms with van der Waals surface area (Å²) in [6, 6.07) is 26.2. The Morgan fingerprint density at radius 3 is 1.97 bits per heavy atom. The van der Waals surface area contributed by atoms with Gasteiger partial charge in [0, 0.05) is 17.7 Å². The highest BCUT2D eigenvalue weighted by atomic mass is 19.1. The van der Waals surface area contributed by atoms with Crippen LogP contribution in [0.1, 0.15) is 43.7 Å². The van der Waals surface area contributed by atoms with Crippen molar-refractivity contribution in [1.82, 2.24) is 5.32 Å². The quantitative estimate of drug-likeness (QED) is 0.390. The van der Waals surface area contributed by atoms with Crippen LogP contribution in [-0.2, 0) is 0 Å². The number of hydrogen-bond donors (Lipinski definition) is 1. The lowest BCUT2D eigenvalue weighted by Gasteiger charge is -2.17. The fraction of sp³-hybridized carbons (Fsp3) is 0.250. The van der Waals surface area contributed by atoms with Crippen molar-refractivity contribution in [1.29, 1.82) is 0 Å². The number of hydrogen-bond acceptors (Lipinski definition) is 4. The molecule has 5 nitrogen and oxygen atoms in total. The van der Waals surface area contributed by atoms with Crippen molar-refractivity contribution < 1.29 is 13.9 Å². The average molecular weight is 458 g/mol. The highest BCUT2D eigenvalue weighted by Gasteiger charge is 2.32. The van der Waals surface area contributed by atoms with Crippen LogP contribution in [0.25, 0.3) is 0 Å². The van der Waals surface area contributed by atoms with Crippen molar-refractivity contribution in [3.8, 4) is 5.75 Å². The summed E-state index contributed by atoms with van der Waals surface area (Å²) in [5.74, 6) is -0.637. The third-order valence-corrected chi connectivity index (χ3v) is 5.66. The topological polar surface area (TPSA) is 63.0 Å². The Kier molecular flexibility index (Phi) is 7.48. The number of para-hydroxylation sites is 1. The SMILES string of the molecule is CC1(CCCCCNC(=O)Oc2ccccc2F)N=C(c2ccccc2)C(c2ccccc2)=N1. The van der Waals surface area contributed by atoms with E-state index in [0.717, 1.165) is 48.2 Å². The average Bonchev–Trinajstić information content (AvgIpc) is 3.22. The van der Waals surface area contributed by atoms with E-state index in [0.29, 0.717) is 6.54 Å². The van der Waals surface area contributed by atoms with E-state index in [4.69, 9.17) is 14.7 Å². The first-order chi connectivity index (χ1) is 16.5. The molecule has 0 aliphatic carbocycles. The van der Waals surface area contributed by atoms with Gasteiger partial charge < -0.3 is 10.1 Å². The molecule has 0 atom stereocenters. The molecule has 1 aliphatic heterocycles. The fourth-order valence-corrected chi connectivity index (χ4v) is 3.93. The van der Waals surface area contributed by atoms with E-state index >= 15 is 0 Å². The number of ether oxygens (including phenoxy) is 1. The highest BCUT2D eigenvalue weighted by Crippen LogP contribution is 2.30. The second-order valence-corrected chi connectivity index (χ2v) is 8.43. The zero-order valence-electron chi connectivity index (χ0n) is 19.2. The van der Waals surface area contributed by atoms with Crippen molar-refractivity contribution >= 4 is 17.5 Å². The maximum atomic E-state index is 13.6. The Bertz CT molecular complexity index is 1120. The molecule has 6 heteroatoms. The number of aliphatic imine (C=N–C) groups is 2. The number of carbonyl (C=O) groups excluding carboxylic acids is 1. The molecule has 3 aromatic rings. The Morgan fingerprint density at radius 2 is 1.38 bits per heavy atom. The lowest BCUT2D eigenvalue weighted by atomic mass is 10.0. The van der Waals surface area contributed by atoms with Gasteiger partial charge in [0.15, 0.2) is 11.6 Å². The molecule has 1 heterocycles. The molecule has 1 aliphatic rings. The third kappa shape index (κ3) is 5.95. The molecule has 0 radical (unpaired) electrons. The highest BCUT2D eigenvalue weighted by molar-refractivity contribution is 6.54. The van der Waals surface area contributed by atoms with Gasteiger partial charge in [-0.25, -0.2) is 9.18 Å².